The fourth-order valence-electron chi connectivity index (χ4n) is 1.78. The number of nitrogens with one attached hydrogen (secondary N) is 1. The summed E-state index contributed by atoms with van der Waals surface area (Å²) < 4.78 is 5.32. The van der Waals surface area contributed by atoms with E-state index in [2.05, 4.69) is 9.97 Å². The van der Waals surface area contributed by atoms with E-state index in [-0.39, 0.29) is 6.61 Å². The lowest BCUT2D eigenvalue weighted by Gasteiger charge is -2.06. The Morgan fingerprint density at radius 1 is 1.35 bits per heavy atom. The molecule has 2 N–H and O–H groups in total. The molecule has 0 aliphatic carbocycles. The van der Waals surface area contributed by atoms with Gasteiger partial charge in [0.05, 0.1) is 25.0 Å². The van der Waals surface area contributed by atoms with Crippen LogP contribution >= 0.6 is 0 Å². The number of methoxy groups -OCH3 is 1. The van der Waals surface area contributed by atoms with E-state index in [0.29, 0.717) is 5.69 Å². The number of aromatic amines is 1. The van der Waals surface area contributed by atoms with Crippen LogP contribution in [0.5, 0.6) is 5.75 Å². The van der Waals surface area contributed by atoms with Gasteiger partial charge in [-0.25, -0.2) is 4.98 Å². The maximum absolute atomic E-state index is 9.15. The average Bonchev–Trinajstić information content (AvgIpc) is 2.70. The van der Waals surface area contributed by atoms with Crippen LogP contribution in [0, 0.1) is 13.8 Å². The predicted molar refractivity (Wildman–Crippen MR) is 66.0 cm³/mol. The van der Waals surface area contributed by atoms with Gasteiger partial charge in [-0.15, -0.1) is 0 Å². The van der Waals surface area contributed by atoms with Crippen molar-refractivity contribution < 1.29 is 9.84 Å². The molecule has 0 unspecified atom stereocenters. The van der Waals surface area contributed by atoms with Gasteiger partial charge in [0.1, 0.15) is 11.6 Å². The third-order valence-electron chi connectivity index (χ3n) is 2.75. The second kappa shape index (κ2) is 4.59. The number of aliphatic hydroxyl groups excluding tert-OH is 1. The topological polar surface area (TPSA) is 58.1 Å². The number of hydrogen-bond donors (Lipinski definition) is 2. The van der Waals surface area contributed by atoms with Gasteiger partial charge in [0.15, 0.2) is 0 Å². The van der Waals surface area contributed by atoms with Gasteiger partial charge in [-0.3, -0.25) is 0 Å². The van der Waals surface area contributed by atoms with E-state index in [1.807, 2.05) is 32.0 Å². The van der Waals surface area contributed by atoms with E-state index < -0.39 is 0 Å². The van der Waals surface area contributed by atoms with Crippen LogP contribution in [0.25, 0.3) is 11.4 Å². The standard InChI is InChI=1S/C13H16N2O2/c1-8-4-5-12(17-3)10(6-8)13-14-9(2)11(7-16)15-13/h4-6,16H,7H2,1-3H3,(H,14,15). The van der Waals surface area contributed by atoms with E-state index in [0.717, 1.165) is 28.4 Å². The molecular weight excluding hydrogens is 216 g/mol. The SMILES string of the molecule is COc1ccc(C)cc1-c1nc(CO)c(C)[nH]1. The molecular formula is C13H16N2O2. The largest absolute Gasteiger partial charge is 0.496 e. The maximum Gasteiger partial charge on any atom is 0.141 e. The van der Waals surface area contributed by atoms with Crippen LogP contribution in [-0.2, 0) is 6.61 Å². The van der Waals surface area contributed by atoms with Crippen LogP contribution in [0.4, 0.5) is 0 Å². The quantitative estimate of drug-likeness (QED) is 0.852. The molecule has 0 spiro atoms. The number of benzene rings is 1. The molecule has 1 aromatic heterocycles. The van der Waals surface area contributed by atoms with Crippen LogP contribution in [-0.4, -0.2) is 22.2 Å². The van der Waals surface area contributed by atoms with Gasteiger partial charge in [0, 0.05) is 5.69 Å². The highest BCUT2D eigenvalue weighted by Gasteiger charge is 2.12. The summed E-state index contributed by atoms with van der Waals surface area (Å²) in [4.78, 5) is 7.53. The zero-order valence-electron chi connectivity index (χ0n) is 10.2. The summed E-state index contributed by atoms with van der Waals surface area (Å²) in [6.07, 6.45) is 0. The fourth-order valence-corrected chi connectivity index (χ4v) is 1.78. The highest BCUT2D eigenvalue weighted by Crippen LogP contribution is 2.29. The molecule has 90 valence electrons. The zero-order chi connectivity index (χ0) is 12.4. The van der Waals surface area contributed by atoms with Crippen LogP contribution in [0.3, 0.4) is 0 Å². The summed E-state index contributed by atoms with van der Waals surface area (Å²) in [5, 5.41) is 9.15. The first-order valence-corrected chi connectivity index (χ1v) is 5.47. The molecule has 1 aromatic carbocycles. The summed E-state index contributed by atoms with van der Waals surface area (Å²) in [7, 11) is 1.64. The zero-order valence-corrected chi connectivity index (χ0v) is 10.2. The molecule has 4 nitrogen and oxygen atoms in total. The van der Waals surface area contributed by atoms with Crippen molar-refractivity contribution in [1.82, 2.24) is 9.97 Å². The number of rotatable bonds is 3. The van der Waals surface area contributed by atoms with Crippen molar-refractivity contribution in [2.45, 2.75) is 20.5 Å². The molecule has 2 aromatic rings. The number of aryl methyl sites for hydroxylation is 2. The van der Waals surface area contributed by atoms with Crippen molar-refractivity contribution in [2.75, 3.05) is 7.11 Å². The number of ether oxygens (including phenoxy) is 1. The van der Waals surface area contributed by atoms with Gasteiger partial charge in [-0.2, -0.15) is 0 Å². The molecule has 4 heteroatoms. The summed E-state index contributed by atoms with van der Waals surface area (Å²) in [5.74, 6) is 1.50. The second-order valence-electron chi connectivity index (χ2n) is 4.02. The number of aliphatic hydroxyl groups is 1. The van der Waals surface area contributed by atoms with Crippen molar-refractivity contribution in [3.63, 3.8) is 0 Å². The smallest absolute Gasteiger partial charge is 0.141 e. The monoisotopic (exact) mass is 232 g/mol. The minimum atomic E-state index is -0.0591. The van der Waals surface area contributed by atoms with Crippen LogP contribution in [0.15, 0.2) is 18.2 Å². The Hall–Kier alpha value is -1.81. The number of hydrogen-bond acceptors (Lipinski definition) is 3. The lowest BCUT2D eigenvalue weighted by Crippen LogP contribution is -1.90. The first kappa shape index (κ1) is 11.7. The molecule has 0 aliphatic rings. The fraction of sp³-hybridized carbons (Fsp3) is 0.308. The van der Waals surface area contributed by atoms with E-state index in [9.17, 15) is 0 Å². The van der Waals surface area contributed by atoms with Crippen molar-refractivity contribution >= 4 is 0 Å². The van der Waals surface area contributed by atoms with Crippen molar-refractivity contribution in [3.05, 3.63) is 35.2 Å². The Kier molecular flexibility index (Phi) is 3.15. The minimum absolute atomic E-state index is 0.0591. The van der Waals surface area contributed by atoms with Gasteiger partial charge < -0.3 is 14.8 Å². The van der Waals surface area contributed by atoms with E-state index in [1.165, 1.54) is 0 Å². The second-order valence-corrected chi connectivity index (χ2v) is 4.02. The molecule has 0 saturated heterocycles. The van der Waals surface area contributed by atoms with Crippen molar-refractivity contribution in [3.8, 4) is 17.1 Å². The van der Waals surface area contributed by atoms with E-state index >= 15 is 0 Å². The highest BCUT2D eigenvalue weighted by atomic mass is 16.5. The molecule has 0 atom stereocenters. The number of imidazole rings is 1. The van der Waals surface area contributed by atoms with Gasteiger partial charge in [0.2, 0.25) is 0 Å². The van der Waals surface area contributed by atoms with Crippen LogP contribution in [0.2, 0.25) is 0 Å². The maximum atomic E-state index is 9.15. The number of aromatic nitrogens is 2. The average molecular weight is 232 g/mol. The number of H-pyrrole nitrogens is 1. The molecule has 0 fully saturated rings. The van der Waals surface area contributed by atoms with Gasteiger partial charge >= 0.3 is 0 Å². The highest BCUT2D eigenvalue weighted by molar-refractivity contribution is 5.65. The first-order valence-electron chi connectivity index (χ1n) is 5.47. The molecule has 0 bridgehead atoms. The van der Waals surface area contributed by atoms with E-state index in [1.54, 1.807) is 7.11 Å². The summed E-state index contributed by atoms with van der Waals surface area (Å²) in [6.45, 7) is 3.85. The Morgan fingerprint density at radius 2 is 2.12 bits per heavy atom. The Labute approximate surface area is 100 Å². The Morgan fingerprint density at radius 3 is 2.71 bits per heavy atom. The van der Waals surface area contributed by atoms with Gasteiger partial charge in [-0.05, 0) is 26.0 Å². The van der Waals surface area contributed by atoms with Crippen molar-refractivity contribution in [1.29, 1.82) is 0 Å². The van der Waals surface area contributed by atoms with Gasteiger partial charge in [0.25, 0.3) is 0 Å². The third kappa shape index (κ3) is 2.17. The van der Waals surface area contributed by atoms with Crippen LogP contribution < -0.4 is 4.74 Å². The molecule has 1 heterocycles. The first-order chi connectivity index (χ1) is 8.15. The molecule has 0 aliphatic heterocycles. The third-order valence-corrected chi connectivity index (χ3v) is 2.75. The predicted octanol–water partition coefficient (Wildman–Crippen LogP) is 2.19. The summed E-state index contributed by atoms with van der Waals surface area (Å²) >= 11 is 0. The Balaban J connectivity index is 2.54. The van der Waals surface area contributed by atoms with E-state index in [4.69, 9.17) is 9.84 Å². The summed E-state index contributed by atoms with van der Waals surface area (Å²) in [5.41, 5.74) is 3.60. The molecule has 0 amide bonds. The Bertz CT molecular complexity index is 532. The number of nitrogens with zero attached hydrogens (tertiary/aromatic N) is 1. The van der Waals surface area contributed by atoms with Gasteiger partial charge in [-0.1, -0.05) is 11.6 Å². The lowest BCUT2D eigenvalue weighted by atomic mass is 10.1. The molecule has 0 saturated carbocycles. The summed E-state index contributed by atoms with van der Waals surface area (Å²) in [6, 6.07) is 5.92. The molecule has 17 heavy (non-hydrogen) atoms. The van der Waals surface area contributed by atoms with Crippen molar-refractivity contribution in [2.24, 2.45) is 0 Å². The normalized spacial score (nSPS) is 10.6. The molecule has 0 radical (unpaired) electrons. The van der Waals surface area contributed by atoms with Crippen LogP contribution in [0.1, 0.15) is 17.0 Å². The molecule has 2 rings (SSSR count). The minimum Gasteiger partial charge on any atom is -0.496 e. The lowest BCUT2D eigenvalue weighted by molar-refractivity contribution is 0.276.